The number of carbonyl (C=O) groups excluding carboxylic acids is 3. The molecule has 2 atom stereocenters. The average Bonchev–Trinajstić information content (AvgIpc) is 3.34. The van der Waals surface area contributed by atoms with Crippen molar-refractivity contribution < 1.29 is 38.3 Å². The van der Waals surface area contributed by atoms with Crippen LogP contribution in [0.2, 0.25) is 0 Å². The minimum absolute atomic E-state index is 0.0177. The minimum Gasteiger partial charge on any atom is -0.493 e. The third-order valence-electron chi connectivity index (χ3n) is 5.78. The van der Waals surface area contributed by atoms with Crippen LogP contribution in [0.5, 0.6) is 11.5 Å². The van der Waals surface area contributed by atoms with E-state index in [1.54, 1.807) is 20.8 Å². The molecule has 39 heavy (non-hydrogen) atoms. The van der Waals surface area contributed by atoms with Crippen molar-refractivity contribution in [3.63, 3.8) is 0 Å². The van der Waals surface area contributed by atoms with Crippen LogP contribution in [0.4, 0.5) is 10.5 Å². The van der Waals surface area contributed by atoms with Gasteiger partial charge in [0.15, 0.2) is 11.5 Å². The van der Waals surface area contributed by atoms with Crippen molar-refractivity contribution in [2.24, 2.45) is 5.92 Å². The van der Waals surface area contributed by atoms with Crippen molar-refractivity contribution in [2.45, 2.75) is 78.2 Å². The molecule has 1 N–H and O–H groups in total. The summed E-state index contributed by atoms with van der Waals surface area (Å²) in [6.45, 7) is 12.6. The van der Waals surface area contributed by atoms with E-state index >= 15 is 0 Å². The number of nitro groups is 1. The second kappa shape index (κ2) is 13.8. The van der Waals surface area contributed by atoms with E-state index in [0.29, 0.717) is 19.4 Å². The first kappa shape index (κ1) is 31.4. The molecule has 1 aromatic rings. The summed E-state index contributed by atoms with van der Waals surface area (Å²) in [6.07, 6.45) is 2.21. The molecule has 1 saturated heterocycles. The molecule has 0 spiro atoms. The zero-order valence-electron chi connectivity index (χ0n) is 23.5. The van der Waals surface area contributed by atoms with Crippen LogP contribution in [0.1, 0.15) is 59.4 Å². The van der Waals surface area contributed by atoms with E-state index in [2.05, 4.69) is 11.9 Å². The number of carbonyl (C=O) groups is 3. The van der Waals surface area contributed by atoms with Crippen LogP contribution < -0.4 is 14.8 Å². The molecular weight excluding hydrogens is 510 g/mol. The van der Waals surface area contributed by atoms with Gasteiger partial charge in [-0.25, -0.2) is 9.59 Å². The molecule has 0 unspecified atom stereocenters. The molecular formula is C27H39N3O9. The Morgan fingerprint density at radius 3 is 2.51 bits per heavy atom. The number of hydrogen-bond acceptors (Lipinski definition) is 9. The minimum atomic E-state index is -1.02. The maximum Gasteiger partial charge on any atom is 0.410 e. The fourth-order valence-electron chi connectivity index (χ4n) is 4.08. The summed E-state index contributed by atoms with van der Waals surface area (Å²) in [5.74, 6) is -0.847. The lowest BCUT2D eigenvalue weighted by molar-refractivity contribution is -0.385. The Kier molecular flexibility index (Phi) is 11.1. The summed E-state index contributed by atoms with van der Waals surface area (Å²) >= 11 is 0. The SMILES string of the molecule is C=CCOc1cc([N+](=O)[O-])c(COC(=O)[C@H](CC(C)C)NC(=O)[C@@H]2CCCN2C(=O)OC(C)(C)C)cc1OC. The number of nitrogens with zero attached hydrogens (tertiary/aromatic N) is 2. The Hall–Kier alpha value is -3.83. The van der Waals surface area contributed by atoms with Crippen LogP contribution in [0.25, 0.3) is 0 Å². The maximum absolute atomic E-state index is 13.2. The van der Waals surface area contributed by atoms with Crippen LogP contribution in [0.15, 0.2) is 24.8 Å². The lowest BCUT2D eigenvalue weighted by Crippen LogP contribution is -2.52. The summed E-state index contributed by atoms with van der Waals surface area (Å²) in [4.78, 5) is 51.3. The summed E-state index contributed by atoms with van der Waals surface area (Å²) in [5.41, 5.74) is -0.935. The number of methoxy groups -OCH3 is 1. The van der Waals surface area contributed by atoms with Crippen molar-refractivity contribution in [2.75, 3.05) is 20.3 Å². The largest absolute Gasteiger partial charge is 0.493 e. The quantitative estimate of drug-likeness (QED) is 0.176. The summed E-state index contributed by atoms with van der Waals surface area (Å²) in [7, 11) is 1.38. The Morgan fingerprint density at radius 1 is 1.26 bits per heavy atom. The van der Waals surface area contributed by atoms with E-state index in [1.165, 1.54) is 30.2 Å². The first-order chi connectivity index (χ1) is 18.3. The van der Waals surface area contributed by atoms with Gasteiger partial charge in [-0.05, 0) is 52.0 Å². The first-order valence-electron chi connectivity index (χ1n) is 12.8. The number of likely N-dealkylation sites (tertiary alicyclic amines) is 1. The Bertz CT molecular complexity index is 1070. The monoisotopic (exact) mass is 549 g/mol. The number of nitrogens with one attached hydrogen (secondary N) is 1. The van der Waals surface area contributed by atoms with E-state index in [0.717, 1.165) is 0 Å². The van der Waals surface area contributed by atoms with Crippen molar-refractivity contribution in [1.82, 2.24) is 10.2 Å². The number of ether oxygens (including phenoxy) is 4. The van der Waals surface area contributed by atoms with Gasteiger partial charge in [-0.2, -0.15) is 0 Å². The average molecular weight is 550 g/mol. The normalized spacial score (nSPS) is 15.9. The Balaban J connectivity index is 2.18. The van der Waals surface area contributed by atoms with Gasteiger partial charge in [0, 0.05) is 6.54 Å². The lowest BCUT2D eigenvalue weighted by atomic mass is 10.0. The molecule has 12 nitrogen and oxygen atoms in total. The van der Waals surface area contributed by atoms with Gasteiger partial charge in [0.2, 0.25) is 5.91 Å². The van der Waals surface area contributed by atoms with Crippen LogP contribution in [0.3, 0.4) is 0 Å². The van der Waals surface area contributed by atoms with Gasteiger partial charge >= 0.3 is 12.1 Å². The van der Waals surface area contributed by atoms with Gasteiger partial charge < -0.3 is 24.3 Å². The molecule has 1 heterocycles. The molecule has 1 aliphatic rings. The van der Waals surface area contributed by atoms with Gasteiger partial charge in [-0.1, -0.05) is 26.5 Å². The molecule has 1 aliphatic heterocycles. The standard InChI is InChI=1S/C27H39N3O9/c1-8-12-37-23-15-21(30(34)35)18(14-22(23)36-7)16-38-25(32)19(13-17(2)3)28-24(31)20-10-9-11-29(20)26(33)39-27(4,5)6/h8,14-15,17,19-20H,1,9-13,16H2,2-7H3,(H,28,31)/t19-,20-/m0/s1. The highest BCUT2D eigenvalue weighted by Gasteiger charge is 2.38. The molecule has 0 aliphatic carbocycles. The number of hydrogen-bond donors (Lipinski definition) is 1. The molecule has 0 radical (unpaired) electrons. The predicted octanol–water partition coefficient (Wildman–Crippen LogP) is 4.14. The van der Waals surface area contributed by atoms with Crippen molar-refractivity contribution in [3.8, 4) is 11.5 Å². The van der Waals surface area contributed by atoms with Gasteiger partial charge in [0.05, 0.1) is 23.7 Å². The molecule has 0 aromatic heterocycles. The first-order valence-corrected chi connectivity index (χ1v) is 12.8. The highest BCUT2D eigenvalue weighted by Crippen LogP contribution is 2.35. The third kappa shape index (κ3) is 9.15. The van der Waals surface area contributed by atoms with Gasteiger partial charge in [0.1, 0.15) is 30.9 Å². The third-order valence-corrected chi connectivity index (χ3v) is 5.78. The van der Waals surface area contributed by atoms with E-state index in [-0.39, 0.29) is 41.7 Å². The van der Waals surface area contributed by atoms with Gasteiger partial charge in [0.25, 0.3) is 5.69 Å². The summed E-state index contributed by atoms with van der Waals surface area (Å²) in [6, 6.07) is 0.770. The van der Waals surface area contributed by atoms with Crippen molar-refractivity contribution >= 4 is 23.7 Å². The fourth-order valence-corrected chi connectivity index (χ4v) is 4.08. The fraction of sp³-hybridized carbons (Fsp3) is 0.593. The Morgan fingerprint density at radius 2 is 1.95 bits per heavy atom. The van der Waals surface area contributed by atoms with E-state index in [1.807, 2.05) is 13.8 Å². The van der Waals surface area contributed by atoms with E-state index < -0.39 is 47.2 Å². The number of nitro benzene ring substituents is 1. The zero-order chi connectivity index (χ0) is 29.3. The second-order valence-corrected chi connectivity index (χ2v) is 10.6. The van der Waals surface area contributed by atoms with E-state index in [9.17, 15) is 24.5 Å². The summed E-state index contributed by atoms with van der Waals surface area (Å²) < 4.78 is 21.6. The molecule has 12 heteroatoms. The van der Waals surface area contributed by atoms with E-state index in [4.69, 9.17) is 18.9 Å². The molecule has 0 saturated carbocycles. The molecule has 1 aromatic carbocycles. The van der Waals surface area contributed by atoms with Crippen molar-refractivity contribution in [1.29, 1.82) is 0 Å². The predicted molar refractivity (Wildman–Crippen MR) is 142 cm³/mol. The van der Waals surface area contributed by atoms with Crippen LogP contribution in [-0.4, -0.2) is 65.7 Å². The molecule has 1 fully saturated rings. The zero-order valence-corrected chi connectivity index (χ0v) is 23.5. The highest BCUT2D eigenvalue weighted by molar-refractivity contribution is 5.90. The van der Waals surface area contributed by atoms with Gasteiger partial charge in [-0.3, -0.25) is 19.8 Å². The maximum atomic E-state index is 13.2. The molecule has 2 rings (SSSR count). The number of esters is 1. The van der Waals surface area contributed by atoms with Crippen molar-refractivity contribution in [3.05, 3.63) is 40.5 Å². The van der Waals surface area contributed by atoms with Crippen LogP contribution >= 0.6 is 0 Å². The number of amides is 2. The molecule has 0 bridgehead atoms. The smallest absolute Gasteiger partial charge is 0.410 e. The highest BCUT2D eigenvalue weighted by atomic mass is 16.6. The number of benzene rings is 1. The lowest BCUT2D eigenvalue weighted by Gasteiger charge is -2.29. The second-order valence-electron chi connectivity index (χ2n) is 10.6. The van der Waals surface area contributed by atoms with Gasteiger partial charge in [-0.15, -0.1) is 0 Å². The Labute approximate surface area is 228 Å². The topological polar surface area (TPSA) is 147 Å². The van der Waals surface area contributed by atoms with Crippen LogP contribution in [0, 0.1) is 16.0 Å². The summed E-state index contributed by atoms with van der Waals surface area (Å²) in [5, 5.41) is 14.4. The molecule has 2 amide bonds. The number of rotatable bonds is 12. The molecule has 216 valence electrons. The van der Waals surface area contributed by atoms with Crippen LogP contribution in [-0.2, 0) is 25.7 Å².